The molecule has 35 heavy (non-hydrogen) atoms. The molecule has 3 aliphatic rings. The van der Waals surface area contributed by atoms with Crippen molar-refractivity contribution in [3.8, 4) is 0 Å². The molecular formula is C26H38Cl2N4O3. The van der Waals surface area contributed by atoms with E-state index in [1.165, 1.54) is 24.2 Å². The normalized spacial score (nSPS) is 25.1. The molecule has 2 saturated heterocycles. The number of nitrogens with zero attached hydrogens (tertiary/aromatic N) is 4. The van der Waals surface area contributed by atoms with Gasteiger partial charge >= 0.3 is 6.09 Å². The first-order valence-electron chi connectivity index (χ1n) is 12.8. The topological polar surface area (TPSA) is 67.3 Å². The molecule has 0 radical (unpaired) electrons. The number of carbonyl (C=O) groups is 2. The van der Waals surface area contributed by atoms with E-state index in [0.717, 1.165) is 18.5 Å². The molecule has 2 amide bonds. The quantitative estimate of drug-likeness (QED) is 0.598. The number of hydrogen-bond donors (Lipinski definition) is 1. The molecule has 194 valence electrons. The zero-order valence-electron chi connectivity index (χ0n) is 21.1. The Morgan fingerprint density at radius 2 is 1.60 bits per heavy atom. The Balaban J connectivity index is 1.57. The Bertz CT molecular complexity index is 939. The number of benzene rings is 1. The second-order valence-corrected chi connectivity index (χ2v) is 12.0. The molecule has 7 nitrogen and oxygen atoms in total. The highest BCUT2D eigenvalue weighted by molar-refractivity contribution is 6.42. The average Bonchev–Trinajstić information content (AvgIpc) is 2.84. The van der Waals surface area contributed by atoms with Crippen molar-refractivity contribution >= 4 is 40.9 Å². The zero-order valence-corrected chi connectivity index (χ0v) is 22.6. The Hall–Kier alpha value is -1.70. The maximum absolute atomic E-state index is 14.3. The van der Waals surface area contributed by atoms with Crippen LogP contribution in [-0.2, 0) is 4.79 Å². The molecular weight excluding hydrogens is 487 g/mol. The predicted octanol–water partition coefficient (Wildman–Crippen LogP) is 5.06. The number of halogens is 2. The van der Waals surface area contributed by atoms with Gasteiger partial charge in [-0.05, 0) is 36.5 Å². The summed E-state index contributed by atoms with van der Waals surface area (Å²) in [7, 11) is 0. The van der Waals surface area contributed by atoms with E-state index >= 15 is 0 Å². The van der Waals surface area contributed by atoms with Crippen LogP contribution in [-0.4, -0.2) is 89.2 Å². The van der Waals surface area contributed by atoms with Crippen molar-refractivity contribution in [2.75, 3.05) is 50.7 Å². The standard InChI is InChI=1S/C26H38Cl2N4O3/c1-25(2,3)26(18-31(15-16-32(26)24(34)35)19-7-5-4-6-8-19)23(33)30-13-11-29(12-14-30)20-9-10-21(27)22(28)17-20/h9-10,17,19H,4-8,11-16,18H2,1-3H3,(H,34,35)/t26-/m1/s1. The van der Waals surface area contributed by atoms with Crippen LogP contribution >= 0.6 is 23.2 Å². The minimum Gasteiger partial charge on any atom is -0.465 e. The lowest BCUT2D eigenvalue weighted by Gasteiger charge is -2.57. The fourth-order valence-corrected chi connectivity index (χ4v) is 6.44. The van der Waals surface area contributed by atoms with E-state index in [1.54, 1.807) is 6.07 Å². The first-order valence-corrected chi connectivity index (χ1v) is 13.5. The van der Waals surface area contributed by atoms with Crippen LogP contribution in [0, 0.1) is 5.41 Å². The van der Waals surface area contributed by atoms with Crippen LogP contribution in [0.4, 0.5) is 10.5 Å². The molecule has 0 aromatic heterocycles. The lowest BCUT2D eigenvalue weighted by atomic mass is 9.69. The summed E-state index contributed by atoms with van der Waals surface area (Å²) in [5, 5.41) is 11.3. The van der Waals surface area contributed by atoms with E-state index in [2.05, 4.69) is 9.80 Å². The van der Waals surface area contributed by atoms with Gasteiger partial charge < -0.3 is 14.9 Å². The summed E-state index contributed by atoms with van der Waals surface area (Å²) in [4.78, 5) is 34.8. The van der Waals surface area contributed by atoms with Crippen molar-refractivity contribution in [3.63, 3.8) is 0 Å². The van der Waals surface area contributed by atoms with Gasteiger partial charge in [-0.25, -0.2) is 4.79 Å². The molecule has 0 bridgehead atoms. The third kappa shape index (κ3) is 5.09. The monoisotopic (exact) mass is 524 g/mol. The van der Waals surface area contributed by atoms with Gasteiger partial charge in [0.25, 0.3) is 5.91 Å². The molecule has 9 heteroatoms. The molecule has 1 atom stereocenters. The third-order valence-corrected chi connectivity index (χ3v) is 8.99. The molecule has 1 N–H and O–H groups in total. The van der Waals surface area contributed by atoms with Gasteiger partial charge in [-0.1, -0.05) is 63.2 Å². The lowest BCUT2D eigenvalue weighted by molar-refractivity contribution is -0.160. The third-order valence-electron chi connectivity index (χ3n) is 8.26. The number of carboxylic acid groups (broad SMARTS) is 1. The van der Waals surface area contributed by atoms with Gasteiger partial charge in [0.05, 0.1) is 10.0 Å². The van der Waals surface area contributed by atoms with Crippen molar-refractivity contribution in [3.05, 3.63) is 28.2 Å². The Kier molecular flexibility index (Phi) is 7.79. The molecule has 1 aliphatic carbocycles. The summed E-state index contributed by atoms with van der Waals surface area (Å²) >= 11 is 12.3. The van der Waals surface area contributed by atoms with Crippen LogP contribution < -0.4 is 4.90 Å². The molecule has 2 aliphatic heterocycles. The Labute approximate surface area is 218 Å². The average molecular weight is 526 g/mol. The van der Waals surface area contributed by atoms with Gasteiger partial charge in [-0.15, -0.1) is 0 Å². The SMILES string of the molecule is CC(C)(C)[C@]1(C(=O)N2CCN(c3ccc(Cl)c(Cl)c3)CC2)CN(C2CCCCC2)CCN1C(=O)O. The Morgan fingerprint density at radius 3 is 2.17 bits per heavy atom. The fourth-order valence-electron chi connectivity index (χ4n) is 6.15. The first-order chi connectivity index (χ1) is 16.5. The van der Waals surface area contributed by atoms with Crippen LogP contribution in [0.25, 0.3) is 0 Å². The highest BCUT2D eigenvalue weighted by Crippen LogP contribution is 2.42. The van der Waals surface area contributed by atoms with Gasteiger partial charge in [0.2, 0.25) is 0 Å². The number of piperazine rings is 2. The van der Waals surface area contributed by atoms with E-state index in [9.17, 15) is 14.7 Å². The largest absolute Gasteiger partial charge is 0.465 e. The lowest BCUT2D eigenvalue weighted by Crippen LogP contribution is -2.76. The molecule has 4 rings (SSSR count). The van der Waals surface area contributed by atoms with Crippen LogP contribution in [0.1, 0.15) is 52.9 Å². The van der Waals surface area contributed by atoms with E-state index in [-0.39, 0.29) is 5.91 Å². The minimum absolute atomic E-state index is 0.0679. The van der Waals surface area contributed by atoms with E-state index < -0.39 is 17.0 Å². The van der Waals surface area contributed by atoms with Gasteiger partial charge in [0.1, 0.15) is 5.54 Å². The van der Waals surface area contributed by atoms with Crippen molar-refractivity contribution in [1.29, 1.82) is 0 Å². The van der Waals surface area contributed by atoms with Gasteiger partial charge in [-0.3, -0.25) is 14.6 Å². The summed E-state index contributed by atoms with van der Waals surface area (Å²) in [6.07, 6.45) is 4.92. The summed E-state index contributed by atoms with van der Waals surface area (Å²) in [6, 6.07) is 6.02. The molecule has 3 fully saturated rings. The summed E-state index contributed by atoms with van der Waals surface area (Å²) < 4.78 is 0. The second-order valence-electron chi connectivity index (χ2n) is 11.2. The molecule has 1 aromatic rings. The fraction of sp³-hybridized carbons (Fsp3) is 0.692. The van der Waals surface area contributed by atoms with Crippen LogP contribution in [0.2, 0.25) is 10.0 Å². The maximum atomic E-state index is 14.3. The smallest absolute Gasteiger partial charge is 0.408 e. The Morgan fingerprint density at radius 1 is 0.943 bits per heavy atom. The molecule has 2 heterocycles. The zero-order chi connectivity index (χ0) is 25.4. The summed E-state index contributed by atoms with van der Waals surface area (Å²) in [5.74, 6) is -0.0679. The van der Waals surface area contributed by atoms with Crippen molar-refractivity contribution in [1.82, 2.24) is 14.7 Å². The van der Waals surface area contributed by atoms with E-state index in [0.29, 0.717) is 61.9 Å². The number of hydrogen-bond acceptors (Lipinski definition) is 4. The van der Waals surface area contributed by atoms with Crippen molar-refractivity contribution in [2.45, 2.75) is 64.5 Å². The van der Waals surface area contributed by atoms with Crippen molar-refractivity contribution in [2.24, 2.45) is 5.41 Å². The summed E-state index contributed by atoms with van der Waals surface area (Å²) in [5.41, 5.74) is -0.706. The molecule has 1 aromatic carbocycles. The molecule has 1 saturated carbocycles. The van der Waals surface area contributed by atoms with Crippen LogP contribution in [0.3, 0.4) is 0 Å². The number of amides is 2. The summed E-state index contributed by atoms with van der Waals surface area (Å²) in [6.45, 7) is 9.92. The molecule has 0 spiro atoms. The van der Waals surface area contributed by atoms with Crippen LogP contribution in [0.15, 0.2) is 18.2 Å². The minimum atomic E-state index is -1.12. The van der Waals surface area contributed by atoms with Crippen molar-refractivity contribution < 1.29 is 14.7 Å². The molecule has 0 unspecified atom stereocenters. The predicted molar refractivity (Wildman–Crippen MR) is 141 cm³/mol. The van der Waals surface area contributed by atoms with Gasteiger partial charge in [0, 0.05) is 57.5 Å². The number of anilines is 1. The number of carbonyl (C=O) groups excluding carboxylic acids is 1. The van der Waals surface area contributed by atoms with E-state index in [1.807, 2.05) is 37.8 Å². The highest BCUT2D eigenvalue weighted by atomic mass is 35.5. The van der Waals surface area contributed by atoms with Gasteiger partial charge in [0.15, 0.2) is 0 Å². The highest BCUT2D eigenvalue weighted by Gasteiger charge is 2.59. The van der Waals surface area contributed by atoms with Gasteiger partial charge in [-0.2, -0.15) is 0 Å². The second kappa shape index (κ2) is 10.3. The number of rotatable bonds is 3. The van der Waals surface area contributed by atoms with Crippen LogP contribution in [0.5, 0.6) is 0 Å². The van der Waals surface area contributed by atoms with E-state index in [4.69, 9.17) is 23.2 Å². The first kappa shape index (κ1) is 26.4. The maximum Gasteiger partial charge on any atom is 0.408 e.